The standard InChI is InChI=1S/C19H19N5/c1-2-5-17(6-3-1)20-10-4-11-23-12-9-16-7-8-18(13-19(16)23)24-14-21-22-15-24/h1-3,5-9,12-15,20H,4,10-11H2. The maximum atomic E-state index is 3.88. The summed E-state index contributed by atoms with van der Waals surface area (Å²) < 4.78 is 4.23. The quantitative estimate of drug-likeness (QED) is 0.551. The van der Waals surface area contributed by atoms with Gasteiger partial charge in [0.25, 0.3) is 0 Å². The monoisotopic (exact) mass is 317 g/mol. The molecule has 0 saturated carbocycles. The van der Waals surface area contributed by atoms with Crippen molar-refractivity contribution in [2.24, 2.45) is 0 Å². The predicted octanol–water partition coefficient (Wildman–Crippen LogP) is 3.72. The Morgan fingerprint density at radius 3 is 2.58 bits per heavy atom. The van der Waals surface area contributed by atoms with Crippen LogP contribution in [0.5, 0.6) is 0 Å². The van der Waals surface area contributed by atoms with Gasteiger partial charge in [-0.15, -0.1) is 10.2 Å². The van der Waals surface area contributed by atoms with Crippen LogP contribution in [0.15, 0.2) is 73.4 Å². The molecule has 2 aromatic carbocycles. The van der Waals surface area contributed by atoms with E-state index in [2.05, 4.69) is 62.7 Å². The van der Waals surface area contributed by atoms with Crippen LogP contribution in [0.4, 0.5) is 5.69 Å². The van der Waals surface area contributed by atoms with Crippen molar-refractivity contribution in [2.45, 2.75) is 13.0 Å². The SMILES string of the molecule is c1ccc(NCCCn2ccc3ccc(-n4cnnc4)cc32)cc1. The summed E-state index contributed by atoms with van der Waals surface area (Å²) in [5.41, 5.74) is 3.49. The van der Waals surface area contributed by atoms with Crippen molar-refractivity contribution < 1.29 is 0 Å². The number of nitrogens with zero attached hydrogens (tertiary/aromatic N) is 4. The third-order valence-electron chi connectivity index (χ3n) is 4.15. The number of para-hydroxylation sites is 1. The van der Waals surface area contributed by atoms with Crippen LogP contribution in [0.25, 0.3) is 16.6 Å². The van der Waals surface area contributed by atoms with Gasteiger partial charge in [0.15, 0.2) is 0 Å². The minimum Gasteiger partial charge on any atom is -0.385 e. The number of hydrogen-bond acceptors (Lipinski definition) is 3. The average molecular weight is 317 g/mol. The third kappa shape index (κ3) is 3.01. The molecule has 2 aromatic heterocycles. The summed E-state index contributed by atoms with van der Waals surface area (Å²) in [4.78, 5) is 0. The third-order valence-corrected chi connectivity index (χ3v) is 4.15. The van der Waals surface area contributed by atoms with Gasteiger partial charge < -0.3 is 9.88 Å². The van der Waals surface area contributed by atoms with E-state index in [1.165, 1.54) is 16.6 Å². The molecule has 0 aliphatic heterocycles. The highest BCUT2D eigenvalue weighted by Crippen LogP contribution is 2.20. The van der Waals surface area contributed by atoms with Gasteiger partial charge in [-0.1, -0.05) is 24.3 Å². The highest BCUT2D eigenvalue weighted by Gasteiger charge is 2.04. The molecule has 0 atom stereocenters. The summed E-state index contributed by atoms with van der Waals surface area (Å²) in [5, 5.41) is 12.5. The van der Waals surface area contributed by atoms with Crippen LogP contribution >= 0.6 is 0 Å². The molecule has 0 aliphatic carbocycles. The van der Waals surface area contributed by atoms with Crippen LogP contribution in [0, 0.1) is 0 Å². The Kier molecular flexibility index (Phi) is 3.98. The van der Waals surface area contributed by atoms with Gasteiger partial charge in [-0.2, -0.15) is 0 Å². The molecule has 0 fully saturated rings. The number of aromatic nitrogens is 4. The summed E-state index contributed by atoms with van der Waals surface area (Å²) in [6.07, 6.45) is 6.66. The van der Waals surface area contributed by atoms with E-state index in [9.17, 15) is 0 Å². The Morgan fingerprint density at radius 2 is 1.75 bits per heavy atom. The maximum Gasteiger partial charge on any atom is 0.123 e. The van der Waals surface area contributed by atoms with Gasteiger partial charge in [0.05, 0.1) is 11.2 Å². The lowest BCUT2D eigenvalue weighted by molar-refractivity contribution is 0.683. The smallest absolute Gasteiger partial charge is 0.123 e. The second-order valence-corrected chi connectivity index (χ2v) is 5.77. The van der Waals surface area contributed by atoms with Crippen molar-refractivity contribution >= 4 is 16.6 Å². The second-order valence-electron chi connectivity index (χ2n) is 5.77. The first kappa shape index (κ1) is 14.5. The van der Waals surface area contributed by atoms with E-state index >= 15 is 0 Å². The summed E-state index contributed by atoms with van der Waals surface area (Å²) in [7, 11) is 0. The number of hydrogen-bond donors (Lipinski definition) is 1. The summed E-state index contributed by atoms with van der Waals surface area (Å²) in [6.45, 7) is 1.93. The molecule has 0 aliphatic rings. The molecular weight excluding hydrogens is 298 g/mol. The van der Waals surface area contributed by atoms with Crippen LogP contribution in [0.3, 0.4) is 0 Å². The van der Waals surface area contributed by atoms with Gasteiger partial charge >= 0.3 is 0 Å². The van der Waals surface area contributed by atoms with Crippen LogP contribution in [0.1, 0.15) is 6.42 Å². The van der Waals surface area contributed by atoms with E-state index in [1.54, 1.807) is 12.7 Å². The Balaban J connectivity index is 1.45. The number of aryl methyl sites for hydroxylation is 1. The molecule has 0 amide bonds. The van der Waals surface area contributed by atoms with Crippen molar-refractivity contribution in [3.05, 3.63) is 73.4 Å². The zero-order valence-corrected chi connectivity index (χ0v) is 13.3. The van der Waals surface area contributed by atoms with E-state index in [0.717, 1.165) is 25.2 Å². The van der Waals surface area contributed by atoms with Crippen molar-refractivity contribution in [2.75, 3.05) is 11.9 Å². The number of benzene rings is 2. The fourth-order valence-electron chi connectivity index (χ4n) is 2.90. The lowest BCUT2D eigenvalue weighted by Gasteiger charge is -2.09. The van der Waals surface area contributed by atoms with E-state index in [1.807, 2.05) is 22.8 Å². The van der Waals surface area contributed by atoms with E-state index < -0.39 is 0 Å². The van der Waals surface area contributed by atoms with Crippen LogP contribution in [-0.4, -0.2) is 25.9 Å². The molecule has 4 rings (SSSR count). The lowest BCUT2D eigenvalue weighted by atomic mass is 10.2. The number of fused-ring (bicyclic) bond motifs is 1. The van der Waals surface area contributed by atoms with Crippen LogP contribution in [-0.2, 0) is 6.54 Å². The summed E-state index contributed by atoms with van der Waals surface area (Å²) >= 11 is 0. The summed E-state index contributed by atoms with van der Waals surface area (Å²) in [5.74, 6) is 0. The largest absolute Gasteiger partial charge is 0.385 e. The van der Waals surface area contributed by atoms with E-state index in [-0.39, 0.29) is 0 Å². The van der Waals surface area contributed by atoms with Crippen LogP contribution in [0.2, 0.25) is 0 Å². The molecule has 120 valence electrons. The topological polar surface area (TPSA) is 47.7 Å². The normalized spacial score (nSPS) is 11.0. The molecule has 0 saturated heterocycles. The number of anilines is 1. The van der Waals surface area contributed by atoms with Crippen molar-refractivity contribution in [3.63, 3.8) is 0 Å². The molecule has 4 aromatic rings. The van der Waals surface area contributed by atoms with Gasteiger partial charge in [-0.25, -0.2) is 0 Å². The van der Waals surface area contributed by atoms with Gasteiger partial charge in [-0.05, 0) is 42.1 Å². The minimum absolute atomic E-state index is 0.953. The van der Waals surface area contributed by atoms with E-state index in [4.69, 9.17) is 0 Å². The Morgan fingerprint density at radius 1 is 0.917 bits per heavy atom. The zero-order chi connectivity index (χ0) is 16.2. The van der Waals surface area contributed by atoms with Gasteiger partial charge in [0.2, 0.25) is 0 Å². The molecule has 5 heteroatoms. The first-order chi connectivity index (χ1) is 11.9. The molecule has 0 bridgehead atoms. The Labute approximate surface area is 140 Å². The Bertz CT molecular complexity index is 910. The Hall–Kier alpha value is -3.08. The molecule has 5 nitrogen and oxygen atoms in total. The lowest BCUT2D eigenvalue weighted by Crippen LogP contribution is -2.06. The predicted molar refractivity (Wildman–Crippen MR) is 96.4 cm³/mol. The highest BCUT2D eigenvalue weighted by molar-refractivity contribution is 5.82. The fourth-order valence-corrected chi connectivity index (χ4v) is 2.90. The van der Waals surface area contributed by atoms with Crippen molar-refractivity contribution in [3.8, 4) is 5.69 Å². The maximum absolute atomic E-state index is 3.88. The fraction of sp³-hybridized carbons (Fsp3) is 0.158. The minimum atomic E-state index is 0.953. The van der Waals surface area contributed by atoms with Crippen LogP contribution < -0.4 is 5.32 Å². The molecule has 0 spiro atoms. The number of nitrogens with one attached hydrogen (secondary N) is 1. The molecular formula is C19H19N5. The van der Waals surface area contributed by atoms with Gasteiger partial charge in [0, 0.05) is 25.0 Å². The van der Waals surface area contributed by atoms with Gasteiger partial charge in [0.1, 0.15) is 12.7 Å². The zero-order valence-electron chi connectivity index (χ0n) is 13.3. The first-order valence-electron chi connectivity index (χ1n) is 8.13. The highest BCUT2D eigenvalue weighted by atomic mass is 15.2. The molecule has 0 unspecified atom stereocenters. The first-order valence-corrected chi connectivity index (χ1v) is 8.13. The van der Waals surface area contributed by atoms with Crippen molar-refractivity contribution in [1.82, 2.24) is 19.3 Å². The second kappa shape index (κ2) is 6.58. The average Bonchev–Trinajstić information content (AvgIpc) is 3.29. The van der Waals surface area contributed by atoms with E-state index in [0.29, 0.717) is 0 Å². The van der Waals surface area contributed by atoms with Crippen molar-refractivity contribution in [1.29, 1.82) is 0 Å². The number of rotatable bonds is 6. The van der Waals surface area contributed by atoms with Gasteiger partial charge in [-0.3, -0.25) is 4.57 Å². The molecule has 24 heavy (non-hydrogen) atoms. The molecule has 2 heterocycles. The molecule has 0 radical (unpaired) electrons. The summed E-state index contributed by atoms with van der Waals surface area (Å²) in [6, 6.07) is 18.9. The molecule has 1 N–H and O–H groups in total.